The fourth-order valence-corrected chi connectivity index (χ4v) is 7.44. The average Bonchev–Trinajstić information content (AvgIpc) is 3.42. The largest absolute Gasteiger partial charge is 0.339 e. The number of hydrogen-bond acceptors (Lipinski definition) is 6. The Hall–Kier alpha value is -1.67. The van der Waals surface area contributed by atoms with Gasteiger partial charge in [-0.1, -0.05) is 18.7 Å². The molecular formula is C23H29N5OS2. The number of thioether (sulfide) groups is 1. The van der Waals surface area contributed by atoms with Gasteiger partial charge in [0.2, 0.25) is 5.91 Å². The van der Waals surface area contributed by atoms with Crippen molar-refractivity contribution in [3.63, 3.8) is 0 Å². The average molecular weight is 456 g/mol. The highest BCUT2D eigenvalue weighted by Gasteiger charge is 2.33. The van der Waals surface area contributed by atoms with Crippen LogP contribution < -0.4 is 0 Å². The predicted molar refractivity (Wildman–Crippen MR) is 125 cm³/mol. The molecule has 0 aromatic carbocycles. The van der Waals surface area contributed by atoms with Crippen LogP contribution in [-0.4, -0.2) is 48.7 Å². The fourth-order valence-electron chi connectivity index (χ4n) is 5.22. The first kappa shape index (κ1) is 20.0. The van der Waals surface area contributed by atoms with E-state index in [2.05, 4.69) is 33.3 Å². The maximum Gasteiger partial charge on any atom is 0.233 e. The van der Waals surface area contributed by atoms with Crippen molar-refractivity contribution in [2.45, 2.75) is 82.3 Å². The molecule has 0 unspecified atom stereocenters. The summed E-state index contributed by atoms with van der Waals surface area (Å²) in [6, 6.07) is 0.347. The third kappa shape index (κ3) is 3.46. The summed E-state index contributed by atoms with van der Waals surface area (Å²) in [5.41, 5.74) is 2.40. The Labute approximate surface area is 190 Å². The summed E-state index contributed by atoms with van der Waals surface area (Å²) in [7, 11) is 0. The number of fused-ring (bicyclic) bond motifs is 5. The Morgan fingerprint density at radius 1 is 1.16 bits per heavy atom. The Balaban J connectivity index is 1.37. The van der Waals surface area contributed by atoms with Crippen molar-refractivity contribution in [3.8, 4) is 0 Å². The van der Waals surface area contributed by atoms with E-state index < -0.39 is 0 Å². The van der Waals surface area contributed by atoms with Gasteiger partial charge < -0.3 is 4.90 Å². The molecule has 1 saturated heterocycles. The second kappa shape index (κ2) is 7.73. The number of aryl methyl sites for hydroxylation is 1. The lowest BCUT2D eigenvalue weighted by Crippen LogP contribution is -2.42. The lowest BCUT2D eigenvalue weighted by molar-refractivity contribution is -0.131. The van der Waals surface area contributed by atoms with Crippen LogP contribution >= 0.6 is 23.1 Å². The van der Waals surface area contributed by atoms with E-state index in [9.17, 15) is 4.79 Å². The maximum absolute atomic E-state index is 12.9. The second-order valence-corrected chi connectivity index (χ2v) is 11.7. The Bertz CT molecular complexity index is 1160. The van der Waals surface area contributed by atoms with E-state index in [-0.39, 0.29) is 5.91 Å². The highest BCUT2D eigenvalue weighted by molar-refractivity contribution is 7.99. The van der Waals surface area contributed by atoms with Crippen LogP contribution in [0, 0.1) is 5.92 Å². The van der Waals surface area contributed by atoms with Crippen LogP contribution in [0.4, 0.5) is 0 Å². The fraction of sp³-hybridized carbons (Fsp3) is 0.652. The summed E-state index contributed by atoms with van der Waals surface area (Å²) < 4.78 is 2.18. The third-order valence-electron chi connectivity index (χ3n) is 7.19. The molecule has 4 heterocycles. The first-order valence-corrected chi connectivity index (χ1v) is 13.5. The molecule has 0 bridgehead atoms. The molecule has 0 radical (unpaired) electrons. The smallest absolute Gasteiger partial charge is 0.233 e. The van der Waals surface area contributed by atoms with Crippen molar-refractivity contribution in [2.24, 2.45) is 5.92 Å². The molecule has 2 aliphatic carbocycles. The zero-order valence-corrected chi connectivity index (χ0v) is 19.9. The van der Waals surface area contributed by atoms with Gasteiger partial charge in [-0.05, 0) is 69.8 Å². The summed E-state index contributed by atoms with van der Waals surface area (Å²) in [5, 5.41) is 11.3. The van der Waals surface area contributed by atoms with Crippen molar-refractivity contribution >= 4 is 44.9 Å². The minimum absolute atomic E-state index is 0.220. The number of amides is 1. The van der Waals surface area contributed by atoms with Crippen LogP contribution in [0.25, 0.3) is 15.9 Å². The van der Waals surface area contributed by atoms with Crippen LogP contribution in [-0.2, 0) is 17.6 Å². The molecule has 3 aromatic rings. The van der Waals surface area contributed by atoms with Crippen LogP contribution in [0.1, 0.15) is 74.6 Å². The SMILES string of the molecule is C[C@H]1CCc2c(sc3nc(C4CC4)n4c(SCC(=O)N5CCCC[C@@H]5C)nnc4c23)C1. The van der Waals surface area contributed by atoms with Crippen molar-refractivity contribution in [1.29, 1.82) is 0 Å². The topological polar surface area (TPSA) is 63.4 Å². The summed E-state index contributed by atoms with van der Waals surface area (Å²) in [6.07, 6.45) is 9.31. The van der Waals surface area contributed by atoms with E-state index in [0.717, 1.165) is 59.6 Å². The number of carbonyl (C=O) groups is 1. The van der Waals surface area contributed by atoms with E-state index in [1.807, 2.05) is 11.3 Å². The van der Waals surface area contributed by atoms with Crippen molar-refractivity contribution < 1.29 is 4.79 Å². The van der Waals surface area contributed by atoms with Gasteiger partial charge in [0.25, 0.3) is 0 Å². The van der Waals surface area contributed by atoms with Crippen LogP contribution in [0.3, 0.4) is 0 Å². The normalized spacial score (nSPS) is 24.1. The number of rotatable bonds is 4. The van der Waals surface area contributed by atoms with E-state index in [4.69, 9.17) is 4.98 Å². The van der Waals surface area contributed by atoms with Gasteiger partial charge in [-0.15, -0.1) is 21.5 Å². The van der Waals surface area contributed by atoms with Gasteiger partial charge in [-0.2, -0.15) is 0 Å². The van der Waals surface area contributed by atoms with Crippen LogP contribution in [0.15, 0.2) is 5.16 Å². The van der Waals surface area contributed by atoms with E-state index in [0.29, 0.717) is 17.7 Å². The predicted octanol–water partition coefficient (Wildman–Crippen LogP) is 4.83. The molecule has 8 heteroatoms. The van der Waals surface area contributed by atoms with E-state index >= 15 is 0 Å². The van der Waals surface area contributed by atoms with Gasteiger partial charge in [0, 0.05) is 23.4 Å². The van der Waals surface area contributed by atoms with Gasteiger partial charge in [0.1, 0.15) is 10.7 Å². The molecule has 1 amide bonds. The molecule has 2 fully saturated rings. The third-order valence-corrected chi connectivity index (χ3v) is 9.25. The van der Waals surface area contributed by atoms with E-state index in [1.165, 1.54) is 53.3 Å². The highest BCUT2D eigenvalue weighted by Crippen LogP contribution is 2.44. The minimum atomic E-state index is 0.220. The zero-order chi connectivity index (χ0) is 21.1. The standard InChI is InChI=1S/C23H29N5OS2/c1-13-6-9-16-17(11-13)31-22-19(16)21-25-26-23(28(21)20(24-22)15-7-8-15)30-12-18(29)27-10-4-3-5-14(27)2/h13-15H,3-12H2,1-2H3/t13-,14-/m0/s1. The van der Waals surface area contributed by atoms with Crippen molar-refractivity contribution in [3.05, 3.63) is 16.3 Å². The molecule has 6 rings (SSSR count). The molecule has 3 aromatic heterocycles. The molecule has 164 valence electrons. The first-order valence-electron chi connectivity index (χ1n) is 11.7. The molecule has 31 heavy (non-hydrogen) atoms. The molecule has 0 spiro atoms. The lowest BCUT2D eigenvalue weighted by atomic mass is 9.89. The monoisotopic (exact) mass is 455 g/mol. The molecule has 6 nitrogen and oxygen atoms in total. The van der Waals surface area contributed by atoms with Crippen LogP contribution in [0.2, 0.25) is 0 Å². The van der Waals surface area contributed by atoms with Gasteiger partial charge in [-0.25, -0.2) is 4.98 Å². The summed E-state index contributed by atoms with van der Waals surface area (Å²) in [5.74, 6) is 2.98. The molecule has 0 N–H and O–H groups in total. The number of hydrogen-bond donors (Lipinski definition) is 0. The quantitative estimate of drug-likeness (QED) is 0.527. The maximum atomic E-state index is 12.9. The molecule has 2 atom stereocenters. The Kier molecular flexibility index (Phi) is 4.98. The molecular weight excluding hydrogens is 426 g/mol. The number of carbonyl (C=O) groups excluding carboxylic acids is 1. The minimum Gasteiger partial charge on any atom is -0.339 e. The number of likely N-dealkylation sites (tertiary alicyclic amines) is 1. The van der Waals surface area contributed by atoms with Crippen molar-refractivity contribution in [1.82, 2.24) is 24.5 Å². The molecule has 3 aliphatic rings. The lowest BCUT2D eigenvalue weighted by Gasteiger charge is -2.33. The second-order valence-electron chi connectivity index (χ2n) is 9.64. The van der Waals surface area contributed by atoms with Gasteiger partial charge in [0.05, 0.1) is 11.1 Å². The van der Waals surface area contributed by atoms with Gasteiger partial charge in [-0.3, -0.25) is 9.20 Å². The highest BCUT2D eigenvalue weighted by atomic mass is 32.2. The molecule has 1 saturated carbocycles. The zero-order valence-electron chi connectivity index (χ0n) is 18.3. The Morgan fingerprint density at radius 3 is 2.84 bits per heavy atom. The van der Waals surface area contributed by atoms with E-state index in [1.54, 1.807) is 0 Å². The number of nitrogens with zero attached hydrogens (tertiary/aromatic N) is 5. The Morgan fingerprint density at radius 2 is 2.03 bits per heavy atom. The first-order chi connectivity index (χ1) is 15.1. The number of piperidine rings is 1. The van der Waals surface area contributed by atoms with Gasteiger partial charge >= 0.3 is 0 Å². The summed E-state index contributed by atoms with van der Waals surface area (Å²) in [4.78, 5) is 22.7. The summed E-state index contributed by atoms with van der Waals surface area (Å²) >= 11 is 3.39. The summed E-state index contributed by atoms with van der Waals surface area (Å²) in [6.45, 7) is 5.40. The van der Waals surface area contributed by atoms with Gasteiger partial charge in [0.15, 0.2) is 10.8 Å². The number of thiophene rings is 1. The number of aromatic nitrogens is 4. The molecule has 1 aliphatic heterocycles. The van der Waals surface area contributed by atoms with Crippen molar-refractivity contribution in [2.75, 3.05) is 12.3 Å². The van der Waals surface area contributed by atoms with Crippen LogP contribution in [0.5, 0.6) is 0 Å².